The summed E-state index contributed by atoms with van der Waals surface area (Å²) in [5.41, 5.74) is 5.56. The summed E-state index contributed by atoms with van der Waals surface area (Å²) in [6.45, 7) is 5.96. The van der Waals surface area contributed by atoms with Crippen LogP contribution in [0, 0.1) is 17.8 Å². The second-order valence-corrected chi connectivity index (χ2v) is 5.92. The summed E-state index contributed by atoms with van der Waals surface area (Å²) < 4.78 is 0. The number of piperazine rings is 1. The number of piperidine rings is 1. The Labute approximate surface area is 113 Å². The molecule has 0 aromatic carbocycles. The molecule has 2 aliphatic heterocycles. The third kappa shape index (κ3) is 2.17. The first-order valence-corrected chi connectivity index (χ1v) is 7.09. The van der Waals surface area contributed by atoms with Gasteiger partial charge in [-0.25, -0.2) is 0 Å². The molecule has 2 heterocycles. The van der Waals surface area contributed by atoms with Crippen molar-refractivity contribution in [1.29, 1.82) is 0 Å². The predicted octanol–water partition coefficient (Wildman–Crippen LogP) is -1.58. The zero-order valence-electron chi connectivity index (χ0n) is 11.4. The van der Waals surface area contributed by atoms with Gasteiger partial charge in [-0.05, 0) is 19.5 Å². The molecular weight excluding hydrogens is 244 g/mol. The van der Waals surface area contributed by atoms with E-state index in [0.29, 0.717) is 13.1 Å². The lowest BCUT2D eigenvalue weighted by Crippen LogP contribution is -2.48. The van der Waals surface area contributed by atoms with Gasteiger partial charge in [-0.15, -0.1) is 0 Å². The summed E-state index contributed by atoms with van der Waals surface area (Å²) >= 11 is 0. The Kier molecular flexibility index (Phi) is 3.32. The van der Waals surface area contributed by atoms with Gasteiger partial charge in [0.1, 0.15) is 0 Å². The maximum atomic E-state index is 12.1. The maximum absolute atomic E-state index is 12.1. The molecule has 0 radical (unpaired) electrons. The first-order valence-electron chi connectivity index (χ1n) is 7.09. The number of nitrogens with two attached hydrogens (primary N) is 1. The van der Waals surface area contributed by atoms with E-state index in [1.165, 1.54) is 4.90 Å². The number of nitrogens with zero attached hydrogens (tertiary/aromatic N) is 3. The van der Waals surface area contributed by atoms with Gasteiger partial charge in [0, 0.05) is 39.3 Å². The Hall–Kier alpha value is -0.980. The van der Waals surface area contributed by atoms with Crippen LogP contribution in [0.2, 0.25) is 0 Å². The average molecular weight is 266 g/mol. The van der Waals surface area contributed by atoms with Gasteiger partial charge in [0.2, 0.25) is 11.8 Å². The van der Waals surface area contributed by atoms with E-state index >= 15 is 0 Å². The van der Waals surface area contributed by atoms with Crippen LogP contribution in [0.5, 0.6) is 0 Å². The van der Waals surface area contributed by atoms with Crippen LogP contribution in [0.25, 0.3) is 0 Å². The third-order valence-electron chi connectivity index (χ3n) is 4.78. The molecule has 0 spiro atoms. The van der Waals surface area contributed by atoms with E-state index in [2.05, 4.69) is 16.8 Å². The highest BCUT2D eigenvalue weighted by Crippen LogP contribution is 2.52. The lowest BCUT2D eigenvalue weighted by atomic mass is 10.2. The number of amides is 2. The molecule has 1 aliphatic carbocycles. The molecule has 1 saturated carbocycles. The zero-order valence-corrected chi connectivity index (χ0v) is 11.4. The fourth-order valence-electron chi connectivity index (χ4n) is 3.34. The quantitative estimate of drug-likeness (QED) is 0.622. The van der Waals surface area contributed by atoms with E-state index in [4.69, 9.17) is 5.73 Å². The molecule has 0 aromatic rings. The van der Waals surface area contributed by atoms with Crippen LogP contribution < -0.4 is 5.73 Å². The van der Waals surface area contributed by atoms with E-state index in [9.17, 15) is 9.59 Å². The Morgan fingerprint density at radius 2 is 1.63 bits per heavy atom. The van der Waals surface area contributed by atoms with Crippen molar-refractivity contribution < 1.29 is 9.59 Å². The van der Waals surface area contributed by atoms with Gasteiger partial charge in [-0.3, -0.25) is 19.4 Å². The highest BCUT2D eigenvalue weighted by Gasteiger charge is 2.66. The Morgan fingerprint density at radius 3 is 2.16 bits per heavy atom. The van der Waals surface area contributed by atoms with Crippen LogP contribution in [-0.4, -0.2) is 79.4 Å². The summed E-state index contributed by atoms with van der Waals surface area (Å²) in [4.78, 5) is 30.2. The maximum Gasteiger partial charge on any atom is 0.233 e. The minimum Gasteiger partial charge on any atom is -0.330 e. The molecule has 106 valence electrons. The number of hydrogen-bond acceptors (Lipinski definition) is 5. The first kappa shape index (κ1) is 13.0. The standard InChI is InChI=1S/C13H22N4O2/c1-15-2-4-16(5-3-15)6-7-17-12(18)10-9(8-14)11(10)13(17)19/h9-11H,2-8,14H2,1H3. The van der Waals surface area contributed by atoms with Crippen molar-refractivity contribution in [3.05, 3.63) is 0 Å². The normalized spacial score (nSPS) is 35.9. The molecule has 3 fully saturated rings. The SMILES string of the molecule is CN1CCN(CCN2C(=O)C3C(CN)C3C2=O)CC1. The number of rotatable bonds is 4. The first-order chi connectivity index (χ1) is 9.13. The van der Waals surface area contributed by atoms with Gasteiger partial charge >= 0.3 is 0 Å². The fourth-order valence-corrected chi connectivity index (χ4v) is 3.34. The largest absolute Gasteiger partial charge is 0.330 e. The van der Waals surface area contributed by atoms with Crippen LogP contribution in [0.3, 0.4) is 0 Å². The molecule has 2 saturated heterocycles. The van der Waals surface area contributed by atoms with Crippen molar-refractivity contribution >= 4 is 11.8 Å². The van der Waals surface area contributed by atoms with Crippen LogP contribution in [0.4, 0.5) is 0 Å². The fraction of sp³-hybridized carbons (Fsp3) is 0.846. The zero-order chi connectivity index (χ0) is 13.6. The van der Waals surface area contributed by atoms with Gasteiger partial charge in [0.25, 0.3) is 0 Å². The second kappa shape index (κ2) is 4.85. The monoisotopic (exact) mass is 266 g/mol. The highest BCUT2D eigenvalue weighted by molar-refractivity contribution is 6.09. The number of imide groups is 1. The summed E-state index contributed by atoms with van der Waals surface area (Å²) in [5.74, 6) is -0.0333. The smallest absolute Gasteiger partial charge is 0.233 e. The van der Waals surface area contributed by atoms with Gasteiger partial charge in [0.15, 0.2) is 0 Å². The van der Waals surface area contributed by atoms with E-state index in [1.807, 2.05) is 0 Å². The van der Waals surface area contributed by atoms with Crippen LogP contribution in [0.1, 0.15) is 0 Å². The molecule has 3 aliphatic rings. The van der Waals surface area contributed by atoms with Crippen molar-refractivity contribution in [2.45, 2.75) is 0 Å². The Balaban J connectivity index is 1.49. The minimum atomic E-state index is -0.0926. The molecular formula is C13H22N4O2. The Bertz CT molecular complexity index is 370. The van der Waals surface area contributed by atoms with Crippen molar-refractivity contribution in [3.8, 4) is 0 Å². The highest BCUT2D eigenvalue weighted by atomic mass is 16.2. The van der Waals surface area contributed by atoms with E-state index in [-0.39, 0.29) is 29.6 Å². The van der Waals surface area contributed by atoms with E-state index in [1.54, 1.807) is 0 Å². The molecule has 6 nitrogen and oxygen atoms in total. The number of carbonyl (C=O) groups excluding carboxylic acids is 2. The molecule has 2 amide bonds. The molecule has 2 N–H and O–H groups in total. The number of fused-ring (bicyclic) bond motifs is 1. The summed E-state index contributed by atoms with van der Waals surface area (Å²) in [5, 5.41) is 0. The third-order valence-corrected chi connectivity index (χ3v) is 4.78. The molecule has 6 heteroatoms. The molecule has 3 rings (SSSR count). The van der Waals surface area contributed by atoms with Gasteiger partial charge < -0.3 is 10.6 Å². The second-order valence-electron chi connectivity index (χ2n) is 5.92. The lowest BCUT2D eigenvalue weighted by molar-refractivity contribution is -0.142. The van der Waals surface area contributed by atoms with Gasteiger partial charge in [-0.1, -0.05) is 0 Å². The van der Waals surface area contributed by atoms with Crippen LogP contribution in [-0.2, 0) is 9.59 Å². The molecule has 0 aromatic heterocycles. The summed E-state index contributed by atoms with van der Waals surface area (Å²) in [6, 6.07) is 0. The Morgan fingerprint density at radius 1 is 1.05 bits per heavy atom. The molecule has 2 atom stereocenters. The van der Waals surface area contributed by atoms with Crippen LogP contribution in [0.15, 0.2) is 0 Å². The summed E-state index contributed by atoms with van der Waals surface area (Å²) in [6.07, 6.45) is 0. The predicted molar refractivity (Wildman–Crippen MR) is 70.2 cm³/mol. The van der Waals surface area contributed by atoms with Crippen molar-refractivity contribution in [2.24, 2.45) is 23.5 Å². The van der Waals surface area contributed by atoms with Gasteiger partial charge in [-0.2, -0.15) is 0 Å². The van der Waals surface area contributed by atoms with Crippen molar-refractivity contribution in [1.82, 2.24) is 14.7 Å². The molecule has 2 unspecified atom stereocenters. The average Bonchev–Trinajstić information content (AvgIpc) is 3.08. The van der Waals surface area contributed by atoms with Crippen molar-refractivity contribution in [3.63, 3.8) is 0 Å². The van der Waals surface area contributed by atoms with Gasteiger partial charge in [0.05, 0.1) is 11.8 Å². The van der Waals surface area contributed by atoms with Crippen LogP contribution >= 0.6 is 0 Å². The number of likely N-dealkylation sites (N-methyl/N-ethyl adjacent to an activating group) is 1. The lowest BCUT2D eigenvalue weighted by Gasteiger charge is -2.33. The van der Waals surface area contributed by atoms with E-state index in [0.717, 1.165) is 32.7 Å². The van der Waals surface area contributed by atoms with Crippen molar-refractivity contribution in [2.75, 3.05) is 52.9 Å². The topological polar surface area (TPSA) is 69.9 Å². The number of hydrogen-bond donors (Lipinski definition) is 1. The molecule has 0 bridgehead atoms. The summed E-state index contributed by atoms with van der Waals surface area (Å²) in [7, 11) is 2.12. The number of likely N-dealkylation sites (tertiary alicyclic amines) is 1. The molecule has 19 heavy (non-hydrogen) atoms. The number of carbonyl (C=O) groups is 2. The minimum absolute atomic E-state index is 0.0135. The van der Waals surface area contributed by atoms with E-state index < -0.39 is 0 Å².